The zero-order valence-corrected chi connectivity index (χ0v) is 17.1. The van der Waals surface area contributed by atoms with Crippen LogP contribution in [0.15, 0.2) is 41.8 Å². The Hall–Kier alpha value is -2.80. The highest BCUT2D eigenvalue weighted by Gasteiger charge is 2.46. The number of thiazole rings is 1. The Morgan fingerprint density at radius 3 is 2.41 bits per heavy atom. The maximum atomic E-state index is 12.5. The lowest BCUT2D eigenvalue weighted by atomic mass is 9.85. The summed E-state index contributed by atoms with van der Waals surface area (Å²) in [5.74, 6) is -1.05. The van der Waals surface area contributed by atoms with Crippen LogP contribution < -0.4 is 5.32 Å². The van der Waals surface area contributed by atoms with Crippen LogP contribution in [0.4, 0.5) is 5.13 Å². The van der Waals surface area contributed by atoms with Crippen LogP contribution in [-0.4, -0.2) is 34.2 Å². The van der Waals surface area contributed by atoms with E-state index in [2.05, 4.69) is 29.4 Å². The van der Waals surface area contributed by atoms with Crippen LogP contribution in [0.5, 0.6) is 0 Å². The molecule has 1 N–H and O–H groups in total. The lowest BCUT2D eigenvalue weighted by Gasteiger charge is -2.14. The molecule has 7 heteroatoms. The van der Waals surface area contributed by atoms with E-state index in [9.17, 15) is 14.4 Å². The van der Waals surface area contributed by atoms with Gasteiger partial charge in [0, 0.05) is 23.9 Å². The van der Waals surface area contributed by atoms with Crippen molar-refractivity contribution in [1.82, 2.24) is 9.88 Å². The molecule has 0 bridgehead atoms. The van der Waals surface area contributed by atoms with Crippen molar-refractivity contribution in [2.45, 2.75) is 32.6 Å². The van der Waals surface area contributed by atoms with Crippen molar-refractivity contribution in [2.75, 3.05) is 11.9 Å². The summed E-state index contributed by atoms with van der Waals surface area (Å²) in [6.07, 6.45) is 6.19. The van der Waals surface area contributed by atoms with Crippen LogP contribution >= 0.6 is 11.3 Å². The van der Waals surface area contributed by atoms with Crippen LogP contribution in [0.1, 0.15) is 31.7 Å². The molecule has 2 atom stereocenters. The maximum Gasteiger partial charge on any atom is 0.233 e. The molecule has 2 aliphatic rings. The summed E-state index contributed by atoms with van der Waals surface area (Å²) < 4.78 is 0. The van der Waals surface area contributed by atoms with Crippen molar-refractivity contribution in [3.63, 3.8) is 0 Å². The average molecular weight is 410 g/mol. The second-order valence-electron chi connectivity index (χ2n) is 7.37. The smallest absolute Gasteiger partial charge is 0.233 e. The van der Waals surface area contributed by atoms with Gasteiger partial charge in [0.05, 0.1) is 17.5 Å². The van der Waals surface area contributed by atoms with E-state index in [-0.39, 0.29) is 42.5 Å². The van der Waals surface area contributed by atoms with Crippen molar-refractivity contribution in [1.29, 1.82) is 0 Å². The SMILES string of the molecule is CCc1ccc(-c2csc(NC(=O)CCN3C(=O)C4CC=CCC4C3=O)n2)cc1. The van der Waals surface area contributed by atoms with E-state index in [4.69, 9.17) is 0 Å². The summed E-state index contributed by atoms with van der Waals surface area (Å²) in [6.45, 7) is 2.23. The standard InChI is InChI=1S/C22H23N3O3S/c1-2-14-7-9-15(10-8-14)18-13-29-22(23-18)24-19(26)11-12-25-20(27)16-5-3-4-6-17(16)21(25)28/h3-4,7-10,13,16-17H,2,5-6,11-12H2,1H3,(H,23,24,26). The van der Waals surface area contributed by atoms with Gasteiger partial charge in [-0.1, -0.05) is 43.3 Å². The van der Waals surface area contributed by atoms with Crippen LogP contribution in [-0.2, 0) is 20.8 Å². The Kier molecular flexibility index (Phi) is 5.58. The first-order valence-electron chi connectivity index (χ1n) is 9.91. The van der Waals surface area contributed by atoms with Crippen molar-refractivity contribution in [3.05, 3.63) is 47.4 Å². The molecule has 150 valence electrons. The van der Waals surface area contributed by atoms with Gasteiger partial charge >= 0.3 is 0 Å². The molecule has 0 radical (unpaired) electrons. The fourth-order valence-corrected chi connectivity index (χ4v) is 4.60. The molecule has 2 aromatic rings. The number of amides is 3. The molecule has 1 aliphatic heterocycles. The molecule has 1 aliphatic carbocycles. The predicted molar refractivity (Wildman–Crippen MR) is 112 cm³/mol. The second kappa shape index (κ2) is 8.29. The number of benzene rings is 1. The number of fused-ring (bicyclic) bond motifs is 1. The molecule has 0 spiro atoms. The molecule has 2 heterocycles. The predicted octanol–water partition coefficient (Wildman–Crippen LogP) is 3.65. The van der Waals surface area contributed by atoms with Crippen molar-refractivity contribution < 1.29 is 14.4 Å². The summed E-state index contributed by atoms with van der Waals surface area (Å²) in [5, 5.41) is 5.20. The minimum atomic E-state index is -0.254. The Morgan fingerprint density at radius 1 is 1.14 bits per heavy atom. The van der Waals surface area contributed by atoms with E-state index < -0.39 is 0 Å². The molecule has 1 fully saturated rings. The van der Waals surface area contributed by atoms with Gasteiger partial charge in [-0.2, -0.15) is 0 Å². The number of rotatable bonds is 6. The van der Waals surface area contributed by atoms with Crippen LogP contribution in [0, 0.1) is 11.8 Å². The van der Waals surface area contributed by atoms with Gasteiger partial charge in [-0.3, -0.25) is 19.3 Å². The third kappa shape index (κ3) is 4.00. The quantitative estimate of drug-likeness (QED) is 0.583. The van der Waals surface area contributed by atoms with Gasteiger partial charge < -0.3 is 5.32 Å². The highest BCUT2D eigenvalue weighted by Crippen LogP contribution is 2.35. The molecule has 2 unspecified atom stereocenters. The summed E-state index contributed by atoms with van der Waals surface area (Å²) >= 11 is 1.36. The molecular weight excluding hydrogens is 386 g/mol. The lowest BCUT2D eigenvalue weighted by Crippen LogP contribution is -2.34. The Morgan fingerprint density at radius 2 is 1.79 bits per heavy atom. The normalized spacial score (nSPS) is 20.8. The molecule has 3 amide bonds. The number of allylic oxidation sites excluding steroid dienone is 2. The number of hydrogen-bond donors (Lipinski definition) is 1. The van der Waals surface area contributed by atoms with Crippen molar-refractivity contribution >= 4 is 34.2 Å². The number of carbonyl (C=O) groups is 3. The van der Waals surface area contributed by atoms with E-state index in [0.29, 0.717) is 18.0 Å². The minimum Gasteiger partial charge on any atom is -0.302 e. The van der Waals surface area contributed by atoms with Crippen LogP contribution in [0.25, 0.3) is 11.3 Å². The monoisotopic (exact) mass is 409 g/mol. The largest absolute Gasteiger partial charge is 0.302 e. The number of aryl methyl sites for hydroxylation is 1. The van der Waals surface area contributed by atoms with E-state index in [1.54, 1.807) is 0 Å². The number of aromatic nitrogens is 1. The van der Waals surface area contributed by atoms with Gasteiger partial charge in [-0.15, -0.1) is 11.3 Å². The summed E-state index contributed by atoms with van der Waals surface area (Å²) in [7, 11) is 0. The summed E-state index contributed by atoms with van der Waals surface area (Å²) in [5.41, 5.74) is 3.08. The number of likely N-dealkylation sites (tertiary alicyclic amines) is 1. The molecule has 6 nitrogen and oxygen atoms in total. The number of carbonyl (C=O) groups excluding carboxylic acids is 3. The van der Waals surface area contributed by atoms with Gasteiger partial charge in [0.1, 0.15) is 0 Å². The zero-order chi connectivity index (χ0) is 20.4. The highest BCUT2D eigenvalue weighted by atomic mass is 32.1. The Balaban J connectivity index is 1.33. The van der Waals surface area contributed by atoms with Crippen LogP contribution in [0.3, 0.4) is 0 Å². The number of hydrogen-bond acceptors (Lipinski definition) is 5. The first-order valence-corrected chi connectivity index (χ1v) is 10.8. The van der Waals surface area contributed by atoms with Gasteiger partial charge in [-0.25, -0.2) is 4.98 Å². The molecule has 0 saturated carbocycles. The number of nitrogens with zero attached hydrogens (tertiary/aromatic N) is 2. The van der Waals surface area contributed by atoms with Gasteiger partial charge in [0.15, 0.2) is 5.13 Å². The molecule has 1 aromatic heterocycles. The average Bonchev–Trinajstić information content (AvgIpc) is 3.30. The first-order chi connectivity index (χ1) is 14.1. The molecule has 29 heavy (non-hydrogen) atoms. The van der Waals surface area contributed by atoms with E-state index >= 15 is 0 Å². The number of anilines is 1. The van der Waals surface area contributed by atoms with Crippen LogP contribution in [0.2, 0.25) is 0 Å². The molecule has 1 aromatic carbocycles. The van der Waals surface area contributed by atoms with Crippen molar-refractivity contribution in [2.24, 2.45) is 11.8 Å². The van der Waals surface area contributed by atoms with Gasteiger partial charge in [0.25, 0.3) is 0 Å². The first kappa shape index (κ1) is 19.5. The lowest BCUT2D eigenvalue weighted by molar-refractivity contribution is -0.140. The topological polar surface area (TPSA) is 79.4 Å². The van der Waals surface area contributed by atoms with E-state index in [1.165, 1.54) is 21.8 Å². The third-order valence-electron chi connectivity index (χ3n) is 5.57. The summed E-state index contributed by atoms with van der Waals surface area (Å²) in [4.78, 5) is 43.0. The van der Waals surface area contributed by atoms with Crippen molar-refractivity contribution in [3.8, 4) is 11.3 Å². The highest BCUT2D eigenvalue weighted by molar-refractivity contribution is 7.14. The van der Waals surface area contributed by atoms with Gasteiger partial charge in [-0.05, 0) is 24.8 Å². The number of imide groups is 1. The summed E-state index contributed by atoms with van der Waals surface area (Å²) in [6, 6.07) is 8.20. The second-order valence-corrected chi connectivity index (χ2v) is 8.23. The minimum absolute atomic E-state index is 0.0739. The Labute approximate surface area is 173 Å². The zero-order valence-electron chi connectivity index (χ0n) is 16.3. The fraction of sp³-hybridized carbons (Fsp3) is 0.364. The molecular formula is C22H23N3O3S. The van der Waals surface area contributed by atoms with E-state index in [1.807, 2.05) is 29.7 Å². The van der Waals surface area contributed by atoms with Gasteiger partial charge in [0.2, 0.25) is 17.7 Å². The number of nitrogens with one attached hydrogen (secondary N) is 1. The maximum absolute atomic E-state index is 12.5. The molecule has 1 saturated heterocycles. The third-order valence-corrected chi connectivity index (χ3v) is 6.33. The fourth-order valence-electron chi connectivity index (χ4n) is 3.86. The molecule has 4 rings (SSSR count). The van der Waals surface area contributed by atoms with E-state index in [0.717, 1.165) is 17.7 Å². The Bertz CT molecular complexity index is 938.